The van der Waals surface area contributed by atoms with Crippen molar-refractivity contribution in [2.75, 3.05) is 6.54 Å². The maximum absolute atomic E-state index is 10.4. The summed E-state index contributed by atoms with van der Waals surface area (Å²) >= 11 is 0. The Morgan fingerprint density at radius 3 is 2.62 bits per heavy atom. The van der Waals surface area contributed by atoms with E-state index in [0.717, 1.165) is 31.2 Å². The molecular formula is C14H19NO. The van der Waals surface area contributed by atoms with Crippen molar-refractivity contribution in [3.05, 3.63) is 28.8 Å². The highest BCUT2D eigenvalue weighted by Gasteiger charge is 2.45. The number of aromatic hydroxyl groups is 1. The SMILES string of the molecule is NCC1(c2ccc3c(c2O)CCCC3)CC1. The maximum Gasteiger partial charge on any atom is 0.122 e. The second-order valence-corrected chi connectivity index (χ2v) is 5.29. The van der Waals surface area contributed by atoms with E-state index in [0.29, 0.717) is 12.3 Å². The summed E-state index contributed by atoms with van der Waals surface area (Å²) in [4.78, 5) is 0. The molecule has 0 aromatic heterocycles. The Labute approximate surface area is 96.5 Å². The molecule has 0 heterocycles. The number of benzene rings is 1. The molecule has 1 aromatic rings. The molecule has 3 rings (SSSR count). The Morgan fingerprint density at radius 1 is 1.19 bits per heavy atom. The Hall–Kier alpha value is -1.02. The van der Waals surface area contributed by atoms with E-state index in [1.807, 2.05) is 0 Å². The first-order valence-electron chi connectivity index (χ1n) is 6.31. The largest absolute Gasteiger partial charge is 0.507 e. The van der Waals surface area contributed by atoms with Crippen LogP contribution in [0.25, 0.3) is 0 Å². The van der Waals surface area contributed by atoms with Crippen molar-refractivity contribution >= 4 is 0 Å². The van der Waals surface area contributed by atoms with Crippen LogP contribution in [0.1, 0.15) is 42.4 Å². The monoisotopic (exact) mass is 217 g/mol. The number of nitrogens with two attached hydrogens (primary N) is 1. The minimum absolute atomic E-state index is 0.108. The fourth-order valence-corrected chi connectivity index (χ4v) is 2.97. The fraction of sp³-hybridized carbons (Fsp3) is 0.571. The van der Waals surface area contributed by atoms with Crippen molar-refractivity contribution in [2.45, 2.75) is 43.9 Å². The van der Waals surface area contributed by atoms with E-state index in [9.17, 15) is 5.11 Å². The molecule has 1 saturated carbocycles. The Balaban J connectivity index is 2.07. The molecule has 0 aliphatic heterocycles. The summed E-state index contributed by atoms with van der Waals surface area (Å²) in [7, 11) is 0. The van der Waals surface area contributed by atoms with Crippen LogP contribution < -0.4 is 5.73 Å². The molecule has 0 saturated heterocycles. The number of aryl methyl sites for hydroxylation is 1. The van der Waals surface area contributed by atoms with Crippen molar-refractivity contribution in [2.24, 2.45) is 5.73 Å². The van der Waals surface area contributed by atoms with Crippen molar-refractivity contribution in [3.63, 3.8) is 0 Å². The summed E-state index contributed by atoms with van der Waals surface area (Å²) in [6, 6.07) is 4.32. The molecule has 0 atom stereocenters. The van der Waals surface area contributed by atoms with E-state index in [4.69, 9.17) is 5.73 Å². The summed E-state index contributed by atoms with van der Waals surface area (Å²) in [6.07, 6.45) is 6.90. The van der Waals surface area contributed by atoms with Gasteiger partial charge in [0.15, 0.2) is 0 Å². The third kappa shape index (κ3) is 1.36. The van der Waals surface area contributed by atoms with Crippen LogP contribution in [-0.4, -0.2) is 11.7 Å². The van der Waals surface area contributed by atoms with E-state index in [-0.39, 0.29) is 5.41 Å². The molecule has 86 valence electrons. The van der Waals surface area contributed by atoms with Crippen LogP contribution in [0.2, 0.25) is 0 Å². The molecule has 2 aliphatic rings. The summed E-state index contributed by atoms with van der Waals surface area (Å²) < 4.78 is 0. The number of phenolic OH excluding ortho intramolecular Hbond substituents is 1. The zero-order valence-corrected chi connectivity index (χ0v) is 9.63. The highest BCUT2D eigenvalue weighted by molar-refractivity contribution is 5.52. The summed E-state index contributed by atoms with van der Waals surface area (Å²) in [5.41, 5.74) is 9.59. The van der Waals surface area contributed by atoms with Gasteiger partial charge in [-0.25, -0.2) is 0 Å². The molecule has 0 unspecified atom stereocenters. The lowest BCUT2D eigenvalue weighted by Gasteiger charge is -2.22. The van der Waals surface area contributed by atoms with E-state index < -0.39 is 0 Å². The van der Waals surface area contributed by atoms with Gasteiger partial charge in [-0.2, -0.15) is 0 Å². The predicted molar refractivity (Wildman–Crippen MR) is 64.7 cm³/mol. The van der Waals surface area contributed by atoms with Crippen LogP contribution in [0.5, 0.6) is 5.75 Å². The van der Waals surface area contributed by atoms with E-state index in [2.05, 4.69) is 12.1 Å². The highest BCUT2D eigenvalue weighted by atomic mass is 16.3. The van der Waals surface area contributed by atoms with Gasteiger partial charge in [0, 0.05) is 17.5 Å². The molecule has 1 aromatic carbocycles. The molecule has 2 nitrogen and oxygen atoms in total. The first kappa shape index (κ1) is 10.2. The van der Waals surface area contributed by atoms with Gasteiger partial charge in [-0.05, 0) is 49.7 Å². The van der Waals surface area contributed by atoms with E-state index in [1.165, 1.54) is 24.0 Å². The van der Waals surface area contributed by atoms with Gasteiger partial charge < -0.3 is 10.8 Å². The number of fused-ring (bicyclic) bond motifs is 1. The number of hydrogen-bond donors (Lipinski definition) is 2. The average molecular weight is 217 g/mol. The smallest absolute Gasteiger partial charge is 0.122 e. The lowest BCUT2D eigenvalue weighted by Crippen LogP contribution is -2.20. The maximum atomic E-state index is 10.4. The molecule has 3 N–H and O–H groups in total. The minimum atomic E-state index is 0.108. The normalized spacial score (nSPS) is 21.6. The predicted octanol–water partition coefficient (Wildman–Crippen LogP) is 2.26. The zero-order chi connectivity index (χ0) is 11.2. The van der Waals surface area contributed by atoms with Gasteiger partial charge in [-0.1, -0.05) is 12.1 Å². The fourth-order valence-electron chi connectivity index (χ4n) is 2.97. The van der Waals surface area contributed by atoms with Gasteiger partial charge in [0.1, 0.15) is 5.75 Å². The van der Waals surface area contributed by atoms with Crippen LogP contribution in [-0.2, 0) is 18.3 Å². The molecule has 16 heavy (non-hydrogen) atoms. The third-order valence-electron chi connectivity index (χ3n) is 4.32. The number of rotatable bonds is 2. The van der Waals surface area contributed by atoms with Crippen LogP contribution >= 0.6 is 0 Å². The van der Waals surface area contributed by atoms with Crippen LogP contribution in [0.4, 0.5) is 0 Å². The highest BCUT2D eigenvalue weighted by Crippen LogP contribution is 2.51. The lowest BCUT2D eigenvalue weighted by atomic mass is 9.85. The quantitative estimate of drug-likeness (QED) is 0.798. The first-order valence-corrected chi connectivity index (χ1v) is 6.31. The third-order valence-corrected chi connectivity index (χ3v) is 4.32. The van der Waals surface area contributed by atoms with Gasteiger partial charge in [0.05, 0.1) is 0 Å². The molecule has 2 heteroatoms. The van der Waals surface area contributed by atoms with Crippen LogP contribution in [0.15, 0.2) is 12.1 Å². The van der Waals surface area contributed by atoms with Crippen LogP contribution in [0, 0.1) is 0 Å². The Bertz CT molecular complexity index is 421. The van der Waals surface area contributed by atoms with Crippen molar-refractivity contribution in [1.29, 1.82) is 0 Å². The molecule has 0 amide bonds. The van der Waals surface area contributed by atoms with E-state index >= 15 is 0 Å². The molecule has 0 spiro atoms. The van der Waals surface area contributed by atoms with Gasteiger partial charge in [0.25, 0.3) is 0 Å². The lowest BCUT2D eigenvalue weighted by molar-refractivity contribution is 0.446. The molecule has 0 radical (unpaired) electrons. The molecule has 2 aliphatic carbocycles. The van der Waals surface area contributed by atoms with E-state index in [1.54, 1.807) is 0 Å². The Morgan fingerprint density at radius 2 is 1.94 bits per heavy atom. The van der Waals surface area contributed by atoms with Gasteiger partial charge >= 0.3 is 0 Å². The number of hydrogen-bond acceptors (Lipinski definition) is 2. The zero-order valence-electron chi connectivity index (χ0n) is 9.63. The van der Waals surface area contributed by atoms with Gasteiger partial charge in [0.2, 0.25) is 0 Å². The molecule has 0 bridgehead atoms. The average Bonchev–Trinajstić information content (AvgIpc) is 3.11. The number of phenols is 1. The van der Waals surface area contributed by atoms with Crippen molar-refractivity contribution in [3.8, 4) is 5.75 Å². The molecule has 1 fully saturated rings. The summed E-state index contributed by atoms with van der Waals surface area (Å²) in [5, 5.41) is 10.4. The topological polar surface area (TPSA) is 46.2 Å². The van der Waals surface area contributed by atoms with Crippen LogP contribution in [0.3, 0.4) is 0 Å². The second-order valence-electron chi connectivity index (χ2n) is 5.29. The van der Waals surface area contributed by atoms with Crippen molar-refractivity contribution in [1.82, 2.24) is 0 Å². The second kappa shape index (κ2) is 3.49. The summed E-state index contributed by atoms with van der Waals surface area (Å²) in [6.45, 7) is 0.666. The minimum Gasteiger partial charge on any atom is -0.507 e. The van der Waals surface area contributed by atoms with Gasteiger partial charge in [-0.15, -0.1) is 0 Å². The molecular weight excluding hydrogens is 198 g/mol. The first-order chi connectivity index (χ1) is 7.77. The van der Waals surface area contributed by atoms with Crippen molar-refractivity contribution < 1.29 is 5.11 Å². The van der Waals surface area contributed by atoms with Gasteiger partial charge in [-0.3, -0.25) is 0 Å². The Kier molecular flexibility index (Phi) is 2.21. The summed E-state index contributed by atoms with van der Waals surface area (Å²) in [5.74, 6) is 0.556. The standard InChI is InChI=1S/C14H19NO/c15-9-14(7-8-14)12-6-5-10-3-1-2-4-11(10)13(12)16/h5-6,16H,1-4,7-9,15H2.